The minimum absolute atomic E-state index is 0.0939. The number of rotatable bonds is 8. The summed E-state index contributed by atoms with van der Waals surface area (Å²) in [6.45, 7) is 0. The Morgan fingerprint density at radius 1 is 0.853 bits per heavy atom. The topological polar surface area (TPSA) is 91.1 Å². The maximum atomic E-state index is 13.1. The molecule has 0 aliphatic carbocycles. The molecule has 176 valence electrons. The first-order valence-electron chi connectivity index (χ1n) is 10.0. The highest BCUT2D eigenvalue weighted by Crippen LogP contribution is 2.25. The van der Waals surface area contributed by atoms with Crippen LogP contribution < -0.4 is 5.32 Å². The lowest BCUT2D eigenvalue weighted by atomic mass is 10.00. The van der Waals surface area contributed by atoms with Gasteiger partial charge in [-0.3, -0.25) is 9.59 Å². The second-order valence-electron chi connectivity index (χ2n) is 7.32. The fourth-order valence-corrected chi connectivity index (χ4v) is 3.17. The van der Waals surface area contributed by atoms with Crippen LogP contribution in [0.15, 0.2) is 89.1 Å². The molecule has 0 saturated heterocycles. The number of nitrogens with zero attached hydrogens (tertiary/aromatic N) is 2. The first-order valence-corrected chi connectivity index (χ1v) is 10.4. The van der Waals surface area contributed by atoms with Crippen LogP contribution in [0.3, 0.4) is 0 Å². The van der Waals surface area contributed by atoms with Crippen LogP contribution in [0.1, 0.15) is 26.3 Å². The van der Waals surface area contributed by atoms with Gasteiger partial charge in [-0.2, -0.15) is 23.4 Å². The van der Waals surface area contributed by atoms with Crippen LogP contribution >= 0.6 is 11.6 Å². The summed E-state index contributed by atoms with van der Waals surface area (Å²) >= 11 is 5.38. The van der Waals surface area contributed by atoms with E-state index in [1.807, 2.05) is 0 Å². The second-order valence-corrected chi connectivity index (χ2v) is 7.67. The van der Waals surface area contributed by atoms with Gasteiger partial charge in [0.05, 0.1) is 17.4 Å². The number of carbonyl (C=O) groups is 2. The monoisotopic (exact) mass is 489 g/mol. The van der Waals surface area contributed by atoms with E-state index in [0.717, 1.165) is 0 Å². The van der Waals surface area contributed by atoms with Crippen molar-refractivity contribution in [3.05, 3.63) is 95.6 Å². The molecule has 2 unspecified atom stereocenters. The quantitative estimate of drug-likeness (QED) is 0.312. The maximum absolute atomic E-state index is 13.1. The molecule has 0 bridgehead atoms. The number of azo groups is 1. The molecule has 6 nitrogen and oxygen atoms in total. The number of aliphatic hydroxyl groups is 1. The van der Waals surface area contributed by atoms with Gasteiger partial charge in [-0.05, 0) is 72.1 Å². The van der Waals surface area contributed by atoms with Gasteiger partial charge in [0.25, 0.3) is 11.1 Å². The summed E-state index contributed by atoms with van der Waals surface area (Å²) < 4.78 is 39.4. The summed E-state index contributed by atoms with van der Waals surface area (Å²) in [7, 11) is 0. The summed E-state index contributed by atoms with van der Waals surface area (Å²) in [6, 6.07) is 18.5. The van der Waals surface area contributed by atoms with Crippen molar-refractivity contribution in [2.75, 3.05) is 0 Å². The van der Waals surface area contributed by atoms with E-state index in [-0.39, 0.29) is 12.0 Å². The Morgan fingerprint density at radius 2 is 1.35 bits per heavy atom. The van der Waals surface area contributed by atoms with Crippen LogP contribution in [0, 0.1) is 0 Å². The zero-order valence-corrected chi connectivity index (χ0v) is 18.3. The molecule has 0 fully saturated rings. The number of nitrogens with one attached hydrogen (secondary N) is 1. The summed E-state index contributed by atoms with van der Waals surface area (Å²) in [5.74, 6) is -0.769. The maximum Gasteiger partial charge on any atom is 0.416 e. The van der Waals surface area contributed by atoms with E-state index in [1.165, 1.54) is 36.4 Å². The van der Waals surface area contributed by atoms with Crippen molar-refractivity contribution in [1.82, 2.24) is 5.32 Å². The van der Waals surface area contributed by atoms with Gasteiger partial charge in [0.1, 0.15) is 0 Å². The van der Waals surface area contributed by atoms with Gasteiger partial charge >= 0.3 is 6.18 Å². The molecule has 3 rings (SSSR count). The van der Waals surface area contributed by atoms with E-state index in [0.29, 0.717) is 22.5 Å². The minimum atomic E-state index is -4.90. The number of hydrogen-bond acceptors (Lipinski definition) is 5. The molecular formula is C24H19ClF3N3O3. The molecule has 0 radical (unpaired) electrons. The standard InChI is InChI=1S/C24H19ClF3N3O3/c25-22(33)16-6-10-18(11-7-16)30-31-19-12-8-17(9-13-19)23(34)29-20(21(32)24(26,27)28)14-15-4-2-1-3-5-15/h1-13,20-21,32H,14H2,(H,29,34). The average Bonchev–Trinajstić information content (AvgIpc) is 2.82. The predicted octanol–water partition coefficient (Wildman–Crippen LogP) is 5.75. The van der Waals surface area contributed by atoms with Crippen molar-refractivity contribution >= 4 is 34.1 Å². The van der Waals surface area contributed by atoms with Crippen LogP contribution in [0.2, 0.25) is 0 Å². The Hall–Kier alpha value is -3.56. The highest BCUT2D eigenvalue weighted by Gasteiger charge is 2.44. The van der Waals surface area contributed by atoms with Gasteiger partial charge < -0.3 is 10.4 Å². The molecule has 0 saturated carbocycles. The lowest BCUT2D eigenvalue weighted by Gasteiger charge is -2.26. The van der Waals surface area contributed by atoms with Crippen molar-refractivity contribution < 1.29 is 27.9 Å². The summed E-state index contributed by atoms with van der Waals surface area (Å²) in [4.78, 5) is 23.6. The normalized spacial score (nSPS) is 13.4. The Morgan fingerprint density at radius 3 is 1.82 bits per heavy atom. The third-order valence-electron chi connectivity index (χ3n) is 4.84. The molecule has 0 heterocycles. The van der Waals surface area contributed by atoms with E-state index in [2.05, 4.69) is 15.5 Å². The number of hydrogen-bond donors (Lipinski definition) is 2. The molecule has 34 heavy (non-hydrogen) atoms. The molecule has 10 heteroatoms. The Bertz CT molecular complexity index is 1150. The third kappa shape index (κ3) is 6.97. The average molecular weight is 490 g/mol. The van der Waals surface area contributed by atoms with Crippen LogP contribution in [-0.2, 0) is 6.42 Å². The number of amides is 1. The molecule has 0 aromatic heterocycles. The van der Waals surface area contributed by atoms with Gasteiger partial charge in [0.15, 0.2) is 6.10 Å². The SMILES string of the molecule is O=C(Cl)c1ccc(N=Nc2ccc(C(=O)NC(Cc3ccccc3)C(O)C(F)(F)F)cc2)cc1. The first-order chi connectivity index (χ1) is 16.1. The van der Waals surface area contributed by atoms with Crippen LogP contribution in [0.4, 0.5) is 24.5 Å². The number of halogens is 4. The summed E-state index contributed by atoms with van der Waals surface area (Å²) in [5, 5.41) is 19.5. The van der Waals surface area contributed by atoms with Crippen molar-refractivity contribution in [3.8, 4) is 0 Å². The first kappa shape index (κ1) is 25.1. The molecule has 2 N–H and O–H groups in total. The summed E-state index contributed by atoms with van der Waals surface area (Å²) in [5.41, 5.74) is 1.81. The van der Waals surface area contributed by atoms with Crippen molar-refractivity contribution in [1.29, 1.82) is 0 Å². The lowest BCUT2D eigenvalue weighted by Crippen LogP contribution is -2.51. The number of benzene rings is 3. The smallest absolute Gasteiger partial charge is 0.382 e. The second kappa shape index (κ2) is 11.0. The van der Waals surface area contributed by atoms with E-state index in [9.17, 15) is 27.9 Å². The lowest BCUT2D eigenvalue weighted by molar-refractivity contribution is -0.211. The molecular weight excluding hydrogens is 471 g/mol. The zero-order chi connectivity index (χ0) is 24.7. The predicted molar refractivity (Wildman–Crippen MR) is 121 cm³/mol. The Balaban J connectivity index is 1.69. The third-order valence-corrected chi connectivity index (χ3v) is 5.05. The summed E-state index contributed by atoms with van der Waals surface area (Å²) in [6.07, 6.45) is -7.83. The zero-order valence-electron chi connectivity index (χ0n) is 17.5. The van der Waals surface area contributed by atoms with Gasteiger partial charge in [-0.1, -0.05) is 30.3 Å². The van der Waals surface area contributed by atoms with E-state index in [1.54, 1.807) is 42.5 Å². The van der Waals surface area contributed by atoms with Crippen LogP contribution in [0.5, 0.6) is 0 Å². The molecule has 0 aliphatic heterocycles. The van der Waals surface area contributed by atoms with Crippen molar-refractivity contribution in [3.63, 3.8) is 0 Å². The molecule has 0 aliphatic rings. The number of carbonyl (C=O) groups excluding carboxylic acids is 2. The van der Waals surface area contributed by atoms with Crippen molar-refractivity contribution in [2.24, 2.45) is 10.2 Å². The Labute approximate surface area is 198 Å². The highest BCUT2D eigenvalue weighted by atomic mass is 35.5. The van der Waals surface area contributed by atoms with Crippen LogP contribution in [0.25, 0.3) is 0 Å². The highest BCUT2D eigenvalue weighted by molar-refractivity contribution is 6.67. The van der Waals surface area contributed by atoms with Crippen molar-refractivity contribution in [2.45, 2.75) is 24.7 Å². The fraction of sp³-hybridized carbons (Fsp3) is 0.167. The van der Waals surface area contributed by atoms with E-state index >= 15 is 0 Å². The molecule has 3 aromatic carbocycles. The van der Waals surface area contributed by atoms with Gasteiger partial charge in [0, 0.05) is 11.1 Å². The van der Waals surface area contributed by atoms with Gasteiger partial charge in [-0.15, -0.1) is 0 Å². The van der Waals surface area contributed by atoms with Gasteiger partial charge in [0.2, 0.25) is 0 Å². The number of alkyl halides is 3. The molecule has 3 aromatic rings. The molecule has 0 spiro atoms. The van der Waals surface area contributed by atoms with E-state index in [4.69, 9.17) is 11.6 Å². The van der Waals surface area contributed by atoms with Gasteiger partial charge in [-0.25, -0.2) is 0 Å². The van der Waals surface area contributed by atoms with E-state index < -0.39 is 29.5 Å². The fourth-order valence-electron chi connectivity index (χ4n) is 3.04. The van der Waals surface area contributed by atoms with Crippen LogP contribution in [-0.4, -0.2) is 34.6 Å². The molecule has 1 amide bonds. The largest absolute Gasteiger partial charge is 0.416 e. The minimum Gasteiger partial charge on any atom is -0.382 e. The molecule has 2 atom stereocenters. The Kier molecular flexibility index (Phi) is 8.14. The number of aliphatic hydroxyl groups excluding tert-OH is 1.